The van der Waals surface area contributed by atoms with Crippen molar-refractivity contribution in [3.63, 3.8) is 0 Å². The Morgan fingerprint density at radius 2 is 1.70 bits per heavy atom. The Kier molecular flexibility index (Phi) is 16.1. The molecular weight excluding hydrogens is 1100 g/mol. The summed E-state index contributed by atoms with van der Waals surface area (Å²) in [6, 6.07) is 24.8. The molecule has 20 nitrogen and oxygen atoms in total. The van der Waals surface area contributed by atoms with Gasteiger partial charge in [0.05, 0.1) is 21.6 Å². The summed E-state index contributed by atoms with van der Waals surface area (Å²) < 4.78 is 36.4. The highest BCUT2D eigenvalue weighted by Gasteiger charge is 2.40. The van der Waals surface area contributed by atoms with Crippen molar-refractivity contribution in [1.29, 1.82) is 0 Å². The Balaban J connectivity index is 0.712. The van der Waals surface area contributed by atoms with Crippen LogP contribution in [0.15, 0.2) is 114 Å². The molecule has 5 aliphatic rings. The van der Waals surface area contributed by atoms with Crippen molar-refractivity contribution in [3.8, 4) is 11.5 Å². The van der Waals surface area contributed by atoms with Crippen LogP contribution >= 0.6 is 11.6 Å². The number of fused-ring (bicyclic) bond motifs is 2. The van der Waals surface area contributed by atoms with Gasteiger partial charge in [-0.1, -0.05) is 55.3 Å². The zero-order valence-corrected chi connectivity index (χ0v) is 47.8. The first kappa shape index (κ1) is 56.7. The van der Waals surface area contributed by atoms with Crippen LogP contribution < -0.4 is 25.0 Å². The van der Waals surface area contributed by atoms with E-state index in [2.05, 4.69) is 61.1 Å². The molecule has 83 heavy (non-hydrogen) atoms. The van der Waals surface area contributed by atoms with Crippen molar-refractivity contribution in [1.82, 2.24) is 34.7 Å². The lowest BCUT2D eigenvalue weighted by molar-refractivity contribution is -0.384. The van der Waals surface area contributed by atoms with E-state index in [1.54, 1.807) is 41.4 Å². The van der Waals surface area contributed by atoms with Gasteiger partial charge in [0.1, 0.15) is 28.9 Å². The molecular formula is C61H65ClN10O10S. The highest BCUT2D eigenvalue weighted by Crippen LogP contribution is 2.44. The number of halogens is 1. The number of likely N-dealkylation sites (tertiary alicyclic amines) is 1. The number of nitrogens with zero attached hydrogens (tertiary/aromatic N) is 6. The van der Waals surface area contributed by atoms with Gasteiger partial charge in [0.2, 0.25) is 17.7 Å². The third-order valence-corrected chi connectivity index (χ3v) is 18.5. The number of amides is 5. The first-order valence-electron chi connectivity index (χ1n) is 28.2. The van der Waals surface area contributed by atoms with Gasteiger partial charge in [0, 0.05) is 112 Å². The van der Waals surface area contributed by atoms with Crippen molar-refractivity contribution in [2.45, 2.75) is 89.1 Å². The quantitative estimate of drug-likeness (QED) is 0.0378. The number of rotatable bonds is 17. The molecule has 3 saturated heterocycles. The number of carbonyl (C=O) groups excluding carboxylic acids is 5. The molecule has 0 bridgehead atoms. The Bertz CT molecular complexity index is 3700. The zero-order valence-electron chi connectivity index (χ0n) is 46.2. The first-order chi connectivity index (χ1) is 39.8. The number of nitrogens with one attached hydrogen (secondary N) is 4. The Morgan fingerprint density at radius 1 is 0.916 bits per heavy atom. The van der Waals surface area contributed by atoms with Gasteiger partial charge in [-0.3, -0.25) is 44.3 Å². The minimum atomic E-state index is -4.67. The second-order valence-electron chi connectivity index (χ2n) is 23.0. The average Bonchev–Trinajstić information content (AvgIpc) is 4.34. The number of carbonyl (C=O) groups is 5. The minimum absolute atomic E-state index is 0.0445. The van der Waals surface area contributed by atoms with Gasteiger partial charge in [-0.15, -0.1) is 0 Å². The standard InChI is InChI=1S/C61H65ClN10O10S/c1-61(2)22-18-42(49(33-61)40-6-9-43(62)10-7-40)36-68-26-28-69(29-27-68)44-11-13-48(54(31-44)82-45-30-41-19-23-63-57(41)65-35-45)58(75)67-83(80,81)46-12-14-51(53(32-46)72(78)79)64-34-38-20-24-70(25-21-38)56(74)17-8-39-4-3-5-47-50(39)37-71(60(47)77)52-15-16-55(73)66-59(52)76/h3-7,9-14,19,23,30-32,35,38,52,64H,8,15-18,20-22,24-29,33-34,36-37H2,1-2H3,(H,63,65)(H,67,75)(H,66,73,76). The Morgan fingerprint density at radius 3 is 2.46 bits per heavy atom. The van der Waals surface area contributed by atoms with E-state index < -0.39 is 43.4 Å². The summed E-state index contributed by atoms with van der Waals surface area (Å²) in [5.74, 6) is -1.70. The summed E-state index contributed by atoms with van der Waals surface area (Å²) in [6.45, 7) is 9.95. The fourth-order valence-corrected chi connectivity index (χ4v) is 13.2. The monoisotopic (exact) mass is 1160 g/mol. The van der Waals surface area contributed by atoms with E-state index in [4.69, 9.17) is 16.3 Å². The lowest BCUT2D eigenvalue weighted by atomic mass is 9.72. The predicted octanol–water partition coefficient (Wildman–Crippen LogP) is 8.87. The van der Waals surface area contributed by atoms with Crippen LogP contribution in [0.25, 0.3) is 16.6 Å². The number of aryl methyl sites for hydroxylation is 1. The van der Waals surface area contributed by atoms with Crippen LogP contribution in [0.5, 0.6) is 11.5 Å². The summed E-state index contributed by atoms with van der Waals surface area (Å²) in [4.78, 5) is 92.0. The number of anilines is 2. The molecule has 6 aromatic rings. The van der Waals surface area contributed by atoms with E-state index >= 15 is 0 Å². The smallest absolute Gasteiger partial charge is 0.293 e. The zero-order chi connectivity index (χ0) is 58.2. The Hall–Kier alpha value is -8.14. The van der Waals surface area contributed by atoms with Gasteiger partial charge in [0.25, 0.3) is 27.5 Å². The molecule has 1 unspecified atom stereocenters. The highest BCUT2D eigenvalue weighted by molar-refractivity contribution is 7.90. The fraction of sp³-hybridized carbons (Fsp3) is 0.377. The number of aromatic amines is 1. The van der Waals surface area contributed by atoms with Crippen LogP contribution in [0.3, 0.4) is 0 Å². The van der Waals surface area contributed by atoms with Crippen LogP contribution in [0, 0.1) is 21.4 Å². The van der Waals surface area contributed by atoms with E-state index in [1.165, 1.54) is 46.0 Å². The number of allylic oxidation sites excluding steroid dienone is 1. The number of pyridine rings is 1. The van der Waals surface area contributed by atoms with Crippen molar-refractivity contribution in [3.05, 3.63) is 152 Å². The van der Waals surface area contributed by atoms with Gasteiger partial charge in [-0.05, 0) is 133 Å². The van der Waals surface area contributed by atoms with Crippen LogP contribution in [0.4, 0.5) is 17.1 Å². The van der Waals surface area contributed by atoms with Crippen LogP contribution in [0.1, 0.15) is 103 Å². The van der Waals surface area contributed by atoms with Crippen molar-refractivity contribution in [2.75, 3.05) is 62.6 Å². The molecule has 1 atom stereocenters. The molecule has 5 amide bonds. The van der Waals surface area contributed by atoms with Gasteiger partial charge < -0.3 is 29.7 Å². The van der Waals surface area contributed by atoms with Crippen molar-refractivity contribution in [2.24, 2.45) is 11.3 Å². The molecule has 22 heteroatoms. The second kappa shape index (κ2) is 23.6. The third-order valence-electron chi connectivity index (χ3n) is 16.9. The van der Waals surface area contributed by atoms with Gasteiger partial charge in [0.15, 0.2) is 0 Å². The number of nitro groups is 1. The largest absolute Gasteiger partial charge is 0.455 e. The Labute approximate surface area is 485 Å². The maximum Gasteiger partial charge on any atom is 0.293 e. The maximum absolute atomic E-state index is 14.2. The average molecular weight is 1170 g/mol. The summed E-state index contributed by atoms with van der Waals surface area (Å²) in [5.41, 5.74) is 7.31. The lowest BCUT2D eigenvalue weighted by Crippen LogP contribution is -2.52. The van der Waals surface area contributed by atoms with Crippen molar-refractivity contribution >= 4 is 84.8 Å². The summed E-state index contributed by atoms with van der Waals surface area (Å²) in [6.07, 6.45) is 8.64. The van der Waals surface area contributed by atoms with E-state index in [0.29, 0.717) is 74.0 Å². The number of sulfonamides is 1. The van der Waals surface area contributed by atoms with E-state index in [-0.39, 0.29) is 71.9 Å². The van der Waals surface area contributed by atoms with E-state index in [1.807, 2.05) is 24.3 Å². The molecule has 4 aromatic carbocycles. The van der Waals surface area contributed by atoms with Gasteiger partial charge in [-0.25, -0.2) is 18.1 Å². The van der Waals surface area contributed by atoms with Gasteiger partial charge in [-0.2, -0.15) is 0 Å². The molecule has 6 heterocycles. The molecule has 3 fully saturated rings. The SMILES string of the molecule is CC1(C)CCC(CN2CCN(c3ccc(C(=O)NS(=O)(=O)c4ccc(NCC5CCN(C(=O)CCc6cccc7c6CN(C6CCC(=O)NC6=O)C7=O)CC5)c([N+](=O)[O-])c4)c(Oc4cnc5[nH]ccc5c4)c3)CC2)=C(c2ccc(Cl)cc2)C1. The number of hydrogen-bond acceptors (Lipinski definition) is 14. The number of hydrogen-bond donors (Lipinski definition) is 4. The minimum Gasteiger partial charge on any atom is -0.455 e. The normalized spacial score (nSPS) is 18.8. The highest BCUT2D eigenvalue weighted by atomic mass is 35.5. The molecule has 1 aliphatic carbocycles. The molecule has 11 rings (SSSR count). The van der Waals surface area contributed by atoms with Crippen LogP contribution in [-0.2, 0) is 37.4 Å². The second-order valence-corrected chi connectivity index (χ2v) is 25.1. The summed E-state index contributed by atoms with van der Waals surface area (Å²) >= 11 is 6.27. The first-order valence-corrected chi connectivity index (χ1v) is 30.0. The third kappa shape index (κ3) is 12.6. The van der Waals surface area contributed by atoms with Crippen molar-refractivity contribution < 1.29 is 42.1 Å². The number of nitro benzene ring substituents is 1. The predicted molar refractivity (Wildman–Crippen MR) is 314 cm³/mol. The fourth-order valence-electron chi connectivity index (χ4n) is 12.1. The number of piperazine rings is 1. The lowest BCUT2D eigenvalue weighted by Gasteiger charge is -2.39. The molecule has 432 valence electrons. The number of imide groups is 1. The van der Waals surface area contributed by atoms with E-state index in [0.717, 1.165) is 67.2 Å². The number of benzene rings is 4. The number of piperidine rings is 2. The molecule has 2 aromatic heterocycles. The number of ether oxygens (including phenoxy) is 1. The number of H-pyrrole nitrogens is 1. The topological polar surface area (TPSA) is 250 Å². The maximum atomic E-state index is 14.2. The molecule has 0 radical (unpaired) electrons. The van der Waals surface area contributed by atoms with Crippen LogP contribution in [0.2, 0.25) is 5.02 Å². The van der Waals surface area contributed by atoms with Gasteiger partial charge >= 0.3 is 0 Å². The summed E-state index contributed by atoms with van der Waals surface area (Å²) in [5, 5.41) is 19.4. The number of aromatic nitrogens is 2. The molecule has 4 aliphatic heterocycles. The van der Waals surface area contributed by atoms with Crippen LogP contribution in [-0.4, -0.2) is 126 Å². The summed E-state index contributed by atoms with van der Waals surface area (Å²) in [7, 11) is -4.67. The molecule has 0 saturated carbocycles. The molecule has 0 spiro atoms. The van der Waals surface area contributed by atoms with E-state index in [9.17, 15) is 42.5 Å². The molecule has 4 N–H and O–H groups in total.